The van der Waals surface area contributed by atoms with Crippen LogP contribution < -0.4 is 11.1 Å². The number of nitrogens with two attached hydrogens (primary N) is 1. The van der Waals surface area contributed by atoms with Gasteiger partial charge in [0.05, 0.1) is 0 Å². The number of rotatable bonds is 4. The summed E-state index contributed by atoms with van der Waals surface area (Å²) in [5.41, 5.74) is 6.26. The highest BCUT2D eigenvalue weighted by atomic mass is 19.4. The molecule has 0 aliphatic heterocycles. The molecule has 0 saturated carbocycles. The van der Waals surface area contributed by atoms with Gasteiger partial charge in [-0.05, 0) is 24.6 Å². The molecule has 0 aromatic heterocycles. The van der Waals surface area contributed by atoms with Crippen molar-refractivity contribution in [3.63, 3.8) is 0 Å². The van der Waals surface area contributed by atoms with E-state index in [1.807, 2.05) is 0 Å². The van der Waals surface area contributed by atoms with E-state index in [1.165, 1.54) is 6.07 Å². The van der Waals surface area contributed by atoms with Crippen LogP contribution >= 0.6 is 0 Å². The zero-order valence-corrected chi connectivity index (χ0v) is 9.05. The van der Waals surface area contributed by atoms with Gasteiger partial charge in [-0.25, -0.2) is 0 Å². The zero-order valence-electron chi connectivity index (χ0n) is 9.05. The van der Waals surface area contributed by atoms with Gasteiger partial charge in [0, 0.05) is 24.2 Å². The smallest absolute Gasteiger partial charge is 0.389 e. The highest BCUT2D eigenvalue weighted by molar-refractivity contribution is 5.94. The maximum atomic E-state index is 11.8. The first-order chi connectivity index (χ1) is 7.88. The standard InChI is InChI=1S/C11H13F3N2O/c12-11(13,14)5-2-6-16-10(17)8-3-1-4-9(15)7-8/h1,3-4,7H,2,5-6,15H2,(H,16,17). The second-order valence-corrected chi connectivity index (χ2v) is 3.60. The molecule has 1 aromatic rings. The number of amides is 1. The van der Waals surface area contributed by atoms with Crippen LogP contribution in [0.1, 0.15) is 23.2 Å². The van der Waals surface area contributed by atoms with Gasteiger partial charge in [-0.2, -0.15) is 13.2 Å². The van der Waals surface area contributed by atoms with Crippen molar-refractivity contribution in [1.82, 2.24) is 5.32 Å². The second-order valence-electron chi connectivity index (χ2n) is 3.60. The van der Waals surface area contributed by atoms with Crippen molar-refractivity contribution in [2.75, 3.05) is 12.3 Å². The van der Waals surface area contributed by atoms with E-state index in [0.29, 0.717) is 11.3 Å². The molecule has 1 rings (SSSR count). The molecule has 94 valence electrons. The molecule has 3 nitrogen and oxygen atoms in total. The molecule has 3 N–H and O–H groups in total. The Balaban J connectivity index is 2.36. The molecule has 0 saturated heterocycles. The minimum atomic E-state index is -4.18. The molecule has 0 heterocycles. The quantitative estimate of drug-likeness (QED) is 0.633. The van der Waals surface area contributed by atoms with Crippen LogP contribution in [0.5, 0.6) is 0 Å². The molecule has 1 aromatic carbocycles. The Morgan fingerprint density at radius 2 is 2.06 bits per heavy atom. The molecule has 0 atom stereocenters. The predicted octanol–water partition coefficient (Wildman–Crippen LogP) is 2.34. The molecule has 0 bridgehead atoms. The summed E-state index contributed by atoms with van der Waals surface area (Å²) in [6, 6.07) is 6.26. The van der Waals surface area contributed by atoms with Crippen molar-refractivity contribution >= 4 is 11.6 Å². The summed E-state index contributed by atoms with van der Waals surface area (Å²) in [4.78, 5) is 11.5. The topological polar surface area (TPSA) is 55.1 Å². The van der Waals surface area contributed by atoms with E-state index in [4.69, 9.17) is 5.73 Å². The summed E-state index contributed by atoms with van der Waals surface area (Å²) >= 11 is 0. The maximum Gasteiger partial charge on any atom is 0.389 e. The van der Waals surface area contributed by atoms with Gasteiger partial charge in [-0.15, -0.1) is 0 Å². The first kappa shape index (κ1) is 13.3. The van der Waals surface area contributed by atoms with Crippen molar-refractivity contribution in [2.24, 2.45) is 0 Å². The van der Waals surface area contributed by atoms with Gasteiger partial charge >= 0.3 is 6.18 Å². The number of carbonyl (C=O) groups excluding carboxylic acids is 1. The number of hydrogen-bond donors (Lipinski definition) is 2. The van der Waals surface area contributed by atoms with Gasteiger partial charge in [0.2, 0.25) is 0 Å². The Labute approximate surface area is 96.8 Å². The third kappa shape index (κ3) is 5.24. The van der Waals surface area contributed by atoms with E-state index in [2.05, 4.69) is 5.32 Å². The number of halogens is 3. The fourth-order valence-electron chi connectivity index (χ4n) is 1.27. The molecule has 0 aliphatic carbocycles. The Morgan fingerprint density at radius 1 is 1.35 bits per heavy atom. The summed E-state index contributed by atoms with van der Waals surface area (Å²) < 4.78 is 35.5. The molecule has 0 unspecified atom stereocenters. The maximum absolute atomic E-state index is 11.8. The molecule has 0 aliphatic rings. The molecule has 1 amide bonds. The summed E-state index contributed by atoms with van der Waals surface area (Å²) in [6.45, 7) is -0.00680. The lowest BCUT2D eigenvalue weighted by Crippen LogP contribution is -2.25. The molecule has 0 radical (unpaired) electrons. The summed E-state index contributed by atoms with van der Waals surface area (Å²) in [5.74, 6) is -0.417. The van der Waals surface area contributed by atoms with Crippen molar-refractivity contribution in [1.29, 1.82) is 0 Å². The fraction of sp³-hybridized carbons (Fsp3) is 0.364. The first-order valence-electron chi connectivity index (χ1n) is 5.09. The van der Waals surface area contributed by atoms with E-state index in [1.54, 1.807) is 18.2 Å². The molecular weight excluding hydrogens is 233 g/mol. The Hall–Kier alpha value is -1.72. The average molecular weight is 246 g/mol. The highest BCUT2D eigenvalue weighted by Gasteiger charge is 2.25. The Kier molecular flexibility index (Phi) is 4.37. The van der Waals surface area contributed by atoms with Crippen LogP contribution in [0, 0.1) is 0 Å². The lowest BCUT2D eigenvalue weighted by Gasteiger charge is -2.07. The second kappa shape index (κ2) is 5.56. The van der Waals surface area contributed by atoms with Crippen molar-refractivity contribution in [2.45, 2.75) is 19.0 Å². The van der Waals surface area contributed by atoms with Crippen molar-refractivity contribution in [3.05, 3.63) is 29.8 Å². The number of nitrogen functional groups attached to an aromatic ring is 1. The lowest BCUT2D eigenvalue weighted by atomic mass is 10.2. The summed E-state index contributed by atoms with van der Waals surface area (Å²) in [6.07, 6.45) is -5.20. The third-order valence-corrected chi connectivity index (χ3v) is 2.07. The SMILES string of the molecule is Nc1cccc(C(=O)NCCCC(F)(F)F)c1. The van der Waals surface area contributed by atoms with Crippen LogP contribution in [0.15, 0.2) is 24.3 Å². The predicted molar refractivity (Wildman–Crippen MR) is 58.5 cm³/mol. The van der Waals surface area contributed by atoms with Crippen molar-refractivity contribution in [3.8, 4) is 0 Å². The van der Waals surface area contributed by atoms with Crippen LogP contribution in [0.25, 0.3) is 0 Å². The molecule has 0 spiro atoms. The van der Waals surface area contributed by atoms with Crippen LogP contribution in [0.3, 0.4) is 0 Å². The van der Waals surface area contributed by atoms with Gasteiger partial charge in [-0.3, -0.25) is 4.79 Å². The number of hydrogen-bond acceptors (Lipinski definition) is 2. The number of alkyl halides is 3. The number of carbonyl (C=O) groups is 1. The van der Waals surface area contributed by atoms with Gasteiger partial charge < -0.3 is 11.1 Å². The lowest BCUT2D eigenvalue weighted by molar-refractivity contribution is -0.135. The van der Waals surface area contributed by atoms with Gasteiger partial charge in [0.1, 0.15) is 0 Å². The molecule has 17 heavy (non-hydrogen) atoms. The minimum absolute atomic E-state index is 0.00680. The number of benzene rings is 1. The largest absolute Gasteiger partial charge is 0.399 e. The Bertz CT molecular complexity index is 391. The number of anilines is 1. The van der Waals surface area contributed by atoms with Gasteiger partial charge in [-0.1, -0.05) is 6.07 Å². The average Bonchev–Trinajstić information content (AvgIpc) is 2.23. The monoisotopic (exact) mass is 246 g/mol. The number of nitrogens with one attached hydrogen (secondary N) is 1. The van der Waals surface area contributed by atoms with Crippen LogP contribution in [0.2, 0.25) is 0 Å². The summed E-state index contributed by atoms with van der Waals surface area (Å²) in [7, 11) is 0. The minimum Gasteiger partial charge on any atom is -0.399 e. The summed E-state index contributed by atoms with van der Waals surface area (Å²) in [5, 5.41) is 2.40. The fourth-order valence-corrected chi connectivity index (χ4v) is 1.27. The normalized spacial score (nSPS) is 11.2. The highest BCUT2D eigenvalue weighted by Crippen LogP contribution is 2.20. The molecule has 6 heteroatoms. The Morgan fingerprint density at radius 3 is 2.65 bits per heavy atom. The van der Waals surface area contributed by atoms with E-state index in [9.17, 15) is 18.0 Å². The third-order valence-electron chi connectivity index (χ3n) is 2.07. The van der Waals surface area contributed by atoms with Crippen LogP contribution in [-0.2, 0) is 0 Å². The van der Waals surface area contributed by atoms with E-state index < -0.39 is 18.5 Å². The molecule has 0 fully saturated rings. The van der Waals surface area contributed by atoms with Gasteiger partial charge in [0.25, 0.3) is 5.91 Å². The van der Waals surface area contributed by atoms with Crippen molar-refractivity contribution < 1.29 is 18.0 Å². The molecular formula is C11H13F3N2O. The van der Waals surface area contributed by atoms with Crippen LogP contribution in [-0.4, -0.2) is 18.6 Å². The van der Waals surface area contributed by atoms with E-state index in [-0.39, 0.29) is 13.0 Å². The first-order valence-corrected chi connectivity index (χ1v) is 5.09. The zero-order chi connectivity index (χ0) is 12.9. The van der Waals surface area contributed by atoms with Gasteiger partial charge in [0.15, 0.2) is 0 Å². The van der Waals surface area contributed by atoms with E-state index in [0.717, 1.165) is 0 Å². The van der Waals surface area contributed by atoms with Crippen LogP contribution in [0.4, 0.5) is 18.9 Å². The van der Waals surface area contributed by atoms with E-state index >= 15 is 0 Å².